The molecule has 0 saturated carbocycles. The van der Waals surface area contributed by atoms with E-state index in [9.17, 15) is 13.2 Å². The lowest BCUT2D eigenvalue weighted by atomic mass is 10.0. The summed E-state index contributed by atoms with van der Waals surface area (Å²) < 4.78 is 28.0. The standard InChI is InChI=1S/C25H28N2O3S/c1-19-14-20(2)16-23(15-19)27(31(29,30)24-12-8-5-9-13-24)18-25(28)26-17-21(3)22-10-6-4-7-11-22/h4-16,21H,17-18H2,1-3H3,(H,26,28). The van der Waals surface area contributed by atoms with Crippen LogP contribution < -0.4 is 9.62 Å². The quantitative estimate of drug-likeness (QED) is 0.568. The molecule has 0 aliphatic carbocycles. The number of carbonyl (C=O) groups excluding carboxylic acids is 1. The third-order valence-corrected chi connectivity index (χ3v) is 6.87. The van der Waals surface area contributed by atoms with Gasteiger partial charge in [0, 0.05) is 6.54 Å². The van der Waals surface area contributed by atoms with E-state index in [0.717, 1.165) is 16.7 Å². The van der Waals surface area contributed by atoms with E-state index in [2.05, 4.69) is 5.32 Å². The summed E-state index contributed by atoms with van der Waals surface area (Å²) in [5.41, 5.74) is 3.46. The molecule has 162 valence electrons. The van der Waals surface area contributed by atoms with Gasteiger partial charge in [0.1, 0.15) is 6.54 Å². The minimum atomic E-state index is -3.90. The van der Waals surface area contributed by atoms with Gasteiger partial charge in [-0.15, -0.1) is 0 Å². The highest BCUT2D eigenvalue weighted by Crippen LogP contribution is 2.25. The summed E-state index contributed by atoms with van der Waals surface area (Å²) >= 11 is 0. The normalized spacial score (nSPS) is 12.2. The Bertz CT molecular complexity index is 1110. The summed E-state index contributed by atoms with van der Waals surface area (Å²) in [5, 5.41) is 2.89. The number of benzene rings is 3. The number of aryl methyl sites for hydroxylation is 2. The second-order valence-electron chi connectivity index (χ2n) is 7.79. The first-order chi connectivity index (χ1) is 14.8. The number of carbonyl (C=O) groups is 1. The second-order valence-corrected chi connectivity index (χ2v) is 9.65. The molecule has 3 aromatic rings. The monoisotopic (exact) mass is 436 g/mol. The zero-order chi connectivity index (χ0) is 22.4. The summed E-state index contributed by atoms with van der Waals surface area (Å²) in [6.45, 7) is 5.98. The van der Waals surface area contributed by atoms with Gasteiger partial charge in [-0.1, -0.05) is 61.5 Å². The molecule has 0 spiro atoms. The van der Waals surface area contributed by atoms with E-state index in [0.29, 0.717) is 12.2 Å². The molecular weight excluding hydrogens is 408 g/mol. The van der Waals surface area contributed by atoms with Gasteiger partial charge in [0.25, 0.3) is 10.0 Å². The lowest BCUT2D eigenvalue weighted by Crippen LogP contribution is -2.41. The first-order valence-electron chi connectivity index (χ1n) is 10.2. The number of hydrogen-bond acceptors (Lipinski definition) is 3. The lowest BCUT2D eigenvalue weighted by molar-refractivity contribution is -0.119. The fraction of sp³-hybridized carbons (Fsp3) is 0.240. The van der Waals surface area contributed by atoms with Crippen molar-refractivity contribution in [1.82, 2.24) is 5.32 Å². The minimum Gasteiger partial charge on any atom is -0.354 e. The summed E-state index contributed by atoms with van der Waals surface area (Å²) in [6.07, 6.45) is 0. The van der Waals surface area contributed by atoms with Crippen LogP contribution in [-0.4, -0.2) is 27.4 Å². The fourth-order valence-electron chi connectivity index (χ4n) is 3.48. The third-order valence-electron chi connectivity index (χ3n) is 5.09. The van der Waals surface area contributed by atoms with E-state index in [-0.39, 0.29) is 23.3 Å². The van der Waals surface area contributed by atoms with Crippen LogP contribution in [0.2, 0.25) is 0 Å². The predicted octanol–water partition coefficient (Wildman–Crippen LogP) is 4.42. The summed E-state index contributed by atoms with van der Waals surface area (Å²) in [5.74, 6) is -0.230. The van der Waals surface area contributed by atoms with Crippen molar-refractivity contribution < 1.29 is 13.2 Å². The lowest BCUT2D eigenvalue weighted by Gasteiger charge is -2.25. The van der Waals surface area contributed by atoms with E-state index in [1.165, 1.54) is 4.31 Å². The van der Waals surface area contributed by atoms with Crippen LogP contribution in [0.4, 0.5) is 5.69 Å². The molecule has 0 heterocycles. The fourth-order valence-corrected chi connectivity index (χ4v) is 4.91. The van der Waals surface area contributed by atoms with E-state index < -0.39 is 10.0 Å². The molecule has 3 rings (SSSR count). The Morgan fingerprint density at radius 1 is 0.903 bits per heavy atom. The van der Waals surface area contributed by atoms with Crippen LogP contribution in [0.1, 0.15) is 29.5 Å². The molecule has 0 saturated heterocycles. The van der Waals surface area contributed by atoms with Crippen molar-refractivity contribution in [3.05, 3.63) is 95.6 Å². The molecule has 0 aromatic heterocycles. The Morgan fingerprint density at radius 3 is 2.03 bits per heavy atom. The Balaban J connectivity index is 1.84. The number of anilines is 1. The van der Waals surface area contributed by atoms with Crippen LogP contribution in [0, 0.1) is 13.8 Å². The summed E-state index contributed by atoms with van der Waals surface area (Å²) in [4.78, 5) is 12.9. The van der Waals surface area contributed by atoms with Crippen molar-refractivity contribution in [2.45, 2.75) is 31.6 Å². The third kappa shape index (κ3) is 5.73. The predicted molar refractivity (Wildman–Crippen MR) is 125 cm³/mol. The zero-order valence-electron chi connectivity index (χ0n) is 18.1. The van der Waals surface area contributed by atoms with Gasteiger partial charge in [-0.2, -0.15) is 0 Å². The maximum Gasteiger partial charge on any atom is 0.264 e. The van der Waals surface area contributed by atoms with Gasteiger partial charge < -0.3 is 5.32 Å². The van der Waals surface area contributed by atoms with Crippen molar-refractivity contribution >= 4 is 21.6 Å². The van der Waals surface area contributed by atoms with Crippen LogP contribution in [0.5, 0.6) is 0 Å². The Labute approximate surface area is 184 Å². The van der Waals surface area contributed by atoms with Crippen molar-refractivity contribution in [1.29, 1.82) is 0 Å². The molecule has 1 N–H and O–H groups in total. The van der Waals surface area contributed by atoms with Gasteiger partial charge in [-0.25, -0.2) is 8.42 Å². The Morgan fingerprint density at radius 2 is 1.45 bits per heavy atom. The molecular formula is C25H28N2O3S. The van der Waals surface area contributed by atoms with Crippen LogP contribution >= 0.6 is 0 Å². The topological polar surface area (TPSA) is 66.5 Å². The number of hydrogen-bond donors (Lipinski definition) is 1. The molecule has 0 aliphatic heterocycles. The molecule has 0 fully saturated rings. The average Bonchev–Trinajstić information content (AvgIpc) is 2.76. The van der Waals surface area contributed by atoms with Crippen molar-refractivity contribution in [2.75, 3.05) is 17.4 Å². The van der Waals surface area contributed by atoms with E-state index >= 15 is 0 Å². The van der Waals surface area contributed by atoms with E-state index in [4.69, 9.17) is 0 Å². The van der Waals surface area contributed by atoms with Crippen molar-refractivity contribution in [3.63, 3.8) is 0 Å². The van der Waals surface area contributed by atoms with Gasteiger partial charge in [0.05, 0.1) is 10.6 Å². The number of nitrogens with zero attached hydrogens (tertiary/aromatic N) is 1. The molecule has 0 bridgehead atoms. The Hall–Kier alpha value is -3.12. The molecule has 0 aliphatic rings. The molecule has 1 atom stereocenters. The zero-order valence-corrected chi connectivity index (χ0v) is 18.9. The largest absolute Gasteiger partial charge is 0.354 e. The number of amides is 1. The maximum atomic E-state index is 13.4. The summed E-state index contributed by atoms with van der Waals surface area (Å²) in [6, 6.07) is 23.6. The highest BCUT2D eigenvalue weighted by atomic mass is 32.2. The molecule has 1 amide bonds. The van der Waals surface area contributed by atoms with Crippen LogP contribution in [-0.2, 0) is 14.8 Å². The van der Waals surface area contributed by atoms with Gasteiger partial charge in [-0.3, -0.25) is 9.10 Å². The van der Waals surface area contributed by atoms with Crippen molar-refractivity contribution in [3.8, 4) is 0 Å². The van der Waals surface area contributed by atoms with Crippen LogP contribution in [0.25, 0.3) is 0 Å². The second kappa shape index (κ2) is 9.79. The van der Waals surface area contributed by atoms with Gasteiger partial charge in [-0.05, 0) is 60.7 Å². The van der Waals surface area contributed by atoms with Crippen LogP contribution in [0.3, 0.4) is 0 Å². The van der Waals surface area contributed by atoms with Gasteiger partial charge in [0.15, 0.2) is 0 Å². The summed E-state index contributed by atoms with van der Waals surface area (Å²) in [7, 11) is -3.90. The average molecular weight is 437 g/mol. The van der Waals surface area contributed by atoms with E-state index in [1.54, 1.807) is 42.5 Å². The minimum absolute atomic E-state index is 0.116. The number of sulfonamides is 1. The highest BCUT2D eigenvalue weighted by Gasteiger charge is 2.27. The molecule has 1 unspecified atom stereocenters. The SMILES string of the molecule is Cc1cc(C)cc(N(CC(=O)NCC(C)c2ccccc2)S(=O)(=O)c2ccccc2)c1. The molecule has 5 nitrogen and oxygen atoms in total. The molecule has 31 heavy (non-hydrogen) atoms. The van der Waals surface area contributed by atoms with Crippen LogP contribution in [0.15, 0.2) is 83.8 Å². The first kappa shape index (κ1) is 22.6. The molecule has 3 aromatic carbocycles. The van der Waals surface area contributed by atoms with E-state index in [1.807, 2.05) is 57.2 Å². The smallest absolute Gasteiger partial charge is 0.264 e. The highest BCUT2D eigenvalue weighted by molar-refractivity contribution is 7.92. The number of rotatable bonds is 8. The number of nitrogens with one attached hydrogen (secondary N) is 1. The molecule has 0 radical (unpaired) electrons. The Kier molecular flexibility index (Phi) is 7.13. The maximum absolute atomic E-state index is 13.4. The first-order valence-corrected chi connectivity index (χ1v) is 11.7. The van der Waals surface area contributed by atoms with Crippen molar-refractivity contribution in [2.24, 2.45) is 0 Å². The van der Waals surface area contributed by atoms with Gasteiger partial charge in [0.2, 0.25) is 5.91 Å². The van der Waals surface area contributed by atoms with Gasteiger partial charge >= 0.3 is 0 Å². The molecule has 6 heteroatoms.